The SMILES string of the molecule is CC(C)c1cc(C(=O)Nc2ccccc2OCC(F)(F)F)c2cnn(C(C)C)c2n1. The number of halogens is 3. The highest BCUT2D eigenvalue weighted by molar-refractivity contribution is 6.12. The maximum Gasteiger partial charge on any atom is 0.422 e. The Morgan fingerprint density at radius 1 is 1.20 bits per heavy atom. The maximum atomic E-state index is 13.1. The van der Waals surface area contributed by atoms with E-state index in [9.17, 15) is 18.0 Å². The number of carbonyl (C=O) groups is 1. The summed E-state index contributed by atoms with van der Waals surface area (Å²) in [7, 11) is 0. The molecule has 160 valence electrons. The molecule has 0 saturated carbocycles. The van der Waals surface area contributed by atoms with Crippen molar-refractivity contribution in [1.82, 2.24) is 14.8 Å². The Labute approximate surface area is 172 Å². The zero-order chi connectivity index (χ0) is 22.1. The summed E-state index contributed by atoms with van der Waals surface area (Å²) in [6.07, 6.45) is -2.90. The van der Waals surface area contributed by atoms with Crippen LogP contribution in [0.1, 0.15) is 55.7 Å². The lowest BCUT2D eigenvalue weighted by atomic mass is 10.0. The van der Waals surface area contributed by atoms with Gasteiger partial charge in [0, 0.05) is 11.7 Å². The third kappa shape index (κ3) is 4.72. The predicted molar refractivity (Wildman–Crippen MR) is 108 cm³/mol. The third-order valence-corrected chi connectivity index (χ3v) is 4.44. The van der Waals surface area contributed by atoms with Crippen molar-refractivity contribution in [2.45, 2.75) is 45.8 Å². The second-order valence-corrected chi connectivity index (χ2v) is 7.52. The highest BCUT2D eigenvalue weighted by atomic mass is 19.4. The van der Waals surface area contributed by atoms with Crippen LogP contribution in [-0.4, -0.2) is 33.5 Å². The van der Waals surface area contributed by atoms with Crippen LogP contribution in [0.5, 0.6) is 5.75 Å². The summed E-state index contributed by atoms with van der Waals surface area (Å²) in [6, 6.07) is 7.74. The van der Waals surface area contributed by atoms with E-state index in [0.29, 0.717) is 16.6 Å². The molecule has 0 unspecified atom stereocenters. The minimum atomic E-state index is -4.48. The molecule has 0 atom stereocenters. The minimum absolute atomic E-state index is 0.0461. The van der Waals surface area contributed by atoms with E-state index in [-0.39, 0.29) is 23.4 Å². The lowest BCUT2D eigenvalue weighted by Crippen LogP contribution is -2.20. The summed E-state index contributed by atoms with van der Waals surface area (Å²) in [5, 5.41) is 7.58. The van der Waals surface area contributed by atoms with E-state index in [1.165, 1.54) is 18.2 Å². The van der Waals surface area contributed by atoms with Crippen LogP contribution in [0.15, 0.2) is 36.5 Å². The van der Waals surface area contributed by atoms with Crippen molar-refractivity contribution in [3.63, 3.8) is 0 Å². The van der Waals surface area contributed by atoms with Crippen LogP contribution >= 0.6 is 0 Å². The predicted octanol–water partition coefficient (Wildman–Crippen LogP) is 5.33. The van der Waals surface area contributed by atoms with Crippen LogP contribution in [0.25, 0.3) is 11.0 Å². The van der Waals surface area contributed by atoms with Gasteiger partial charge in [0.25, 0.3) is 5.91 Å². The minimum Gasteiger partial charge on any atom is -0.482 e. The number of para-hydroxylation sites is 2. The van der Waals surface area contributed by atoms with Crippen LogP contribution in [0.4, 0.5) is 18.9 Å². The number of hydrogen-bond donors (Lipinski definition) is 1. The van der Waals surface area contributed by atoms with E-state index < -0.39 is 18.7 Å². The van der Waals surface area contributed by atoms with E-state index in [4.69, 9.17) is 4.74 Å². The molecule has 3 aromatic rings. The number of nitrogens with one attached hydrogen (secondary N) is 1. The van der Waals surface area contributed by atoms with Crippen molar-refractivity contribution in [3.05, 3.63) is 47.8 Å². The molecule has 30 heavy (non-hydrogen) atoms. The van der Waals surface area contributed by atoms with Gasteiger partial charge in [-0.1, -0.05) is 26.0 Å². The largest absolute Gasteiger partial charge is 0.482 e. The smallest absolute Gasteiger partial charge is 0.422 e. The Morgan fingerprint density at radius 2 is 1.90 bits per heavy atom. The average Bonchev–Trinajstić information content (AvgIpc) is 3.10. The van der Waals surface area contributed by atoms with Crippen LogP contribution in [0.3, 0.4) is 0 Å². The zero-order valence-electron chi connectivity index (χ0n) is 17.1. The molecule has 0 spiro atoms. The average molecular weight is 420 g/mol. The molecule has 6 nitrogen and oxygen atoms in total. The molecule has 1 aromatic carbocycles. The molecule has 1 amide bonds. The Hall–Kier alpha value is -3.10. The Bertz CT molecular complexity index is 1060. The number of carbonyl (C=O) groups excluding carboxylic acids is 1. The fourth-order valence-electron chi connectivity index (χ4n) is 2.94. The number of hydrogen-bond acceptors (Lipinski definition) is 4. The van der Waals surface area contributed by atoms with Gasteiger partial charge in [-0.3, -0.25) is 4.79 Å². The number of benzene rings is 1. The third-order valence-electron chi connectivity index (χ3n) is 4.44. The molecule has 2 aromatic heterocycles. The highest BCUT2D eigenvalue weighted by Gasteiger charge is 2.29. The van der Waals surface area contributed by atoms with Crippen molar-refractivity contribution in [3.8, 4) is 5.75 Å². The Kier molecular flexibility index (Phi) is 6.00. The first-order valence-corrected chi connectivity index (χ1v) is 9.55. The molecular weight excluding hydrogens is 397 g/mol. The number of aromatic nitrogens is 3. The van der Waals surface area contributed by atoms with Gasteiger partial charge in [0.05, 0.1) is 22.8 Å². The van der Waals surface area contributed by atoms with Gasteiger partial charge in [0.1, 0.15) is 5.75 Å². The number of ether oxygens (including phenoxy) is 1. The van der Waals surface area contributed by atoms with Crippen molar-refractivity contribution >= 4 is 22.6 Å². The quantitative estimate of drug-likeness (QED) is 0.585. The highest BCUT2D eigenvalue weighted by Crippen LogP contribution is 2.29. The number of amides is 1. The fraction of sp³-hybridized carbons (Fsp3) is 0.381. The Morgan fingerprint density at radius 3 is 2.53 bits per heavy atom. The van der Waals surface area contributed by atoms with Crippen molar-refractivity contribution in [1.29, 1.82) is 0 Å². The van der Waals surface area contributed by atoms with Gasteiger partial charge in [0.2, 0.25) is 0 Å². The molecular formula is C21H23F3N4O2. The van der Waals surface area contributed by atoms with Crippen LogP contribution < -0.4 is 10.1 Å². The summed E-state index contributed by atoms with van der Waals surface area (Å²) in [5.74, 6) is -0.468. The first-order chi connectivity index (χ1) is 14.1. The van der Waals surface area contributed by atoms with Crippen LogP contribution in [0.2, 0.25) is 0 Å². The number of alkyl halides is 3. The van der Waals surface area contributed by atoms with Gasteiger partial charge in [0.15, 0.2) is 12.3 Å². The molecule has 0 radical (unpaired) electrons. The van der Waals surface area contributed by atoms with Crippen molar-refractivity contribution in [2.75, 3.05) is 11.9 Å². The topological polar surface area (TPSA) is 69.0 Å². The number of fused-ring (bicyclic) bond motifs is 1. The normalized spacial score (nSPS) is 12.0. The molecule has 3 rings (SSSR count). The van der Waals surface area contributed by atoms with Crippen LogP contribution in [0, 0.1) is 0 Å². The lowest BCUT2D eigenvalue weighted by molar-refractivity contribution is -0.153. The van der Waals surface area contributed by atoms with Gasteiger partial charge < -0.3 is 10.1 Å². The van der Waals surface area contributed by atoms with E-state index in [1.807, 2.05) is 27.7 Å². The molecule has 0 fully saturated rings. The Balaban J connectivity index is 1.98. The van der Waals surface area contributed by atoms with Gasteiger partial charge in [-0.2, -0.15) is 18.3 Å². The second kappa shape index (κ2) is 8.33. The van der Waals surface area contributed by atoms with E-state index in [0.717, 1.165) is 5.69 Å². The molecule has 0 aliphatic carbocycles. The summed E-state index contributed by atoms with van der Waals surface area (Å²) in [5.41, 5.74) is 1.81. The zero-order valence-corrected chi connectivity index (χ0v) is 17.1. The molecule has 0 bridgehead atoms. The first kappa shape index (κ1) is 21.6. The second-order valence-electron chi connectivity index (χ2n) is 7.52. The summed E-state index contributed by atoms with van der Waals surface area (Å²) in [6.45, 7) is 6.41. The maximum absolute atomic E-state index is 13.1. The van der Waals surface area contributed by atoms with Crippen molar-refractivity contribution < 1.29 is 22.7 Å². The first-order valence-electron chi connectivity index (χ1n) is 9.55. The number of nitrogens with zero attached hydrogens (tertiary/aromatic N) is 3. The molecule has 0 saturated heterocycles. The lowest BCUT2D eigenvalue weighted by Gasteiger charge is -2.15. The summed E-state index contributed by atoms with van der Waals surface area (Å²) in [4.78, 5) is 17.7. The monoisotopic (exact) mass is 420 g/mol. The number of anilines is 1. The molecule has 1 N–H and O–H groups in total. The summed E-state index contributed by atoms with van der Waals surface area (Å²) >= 11 is 0. The number of pyridine rings is 1. The standard InChI is InChI=1S/C21H23F3N4O2/c1-12(2)17-9-14(15-10-25-28(13(3)4)19(15)26-17)20(29)27-16-7-5-6-8-18(16)30-11-21(22,23)24/h5-10,12-13H,11H2,1-4H3,(H,27,29). The van der Waals surface area contributed by atoms with Gasteiger partial charge >= 0.3 is 6.18 Å². The van der Waals surface area contributed by atoms with Gasteiger partial charge in [-0.15, -0.1) is 0 Å². The molecule has 2 heterocycles. The molecule has 0 aliphatic heterocycles. The summed E-state index contributed by atoms with van der Waals surface area (Å²) < 4.78 is 44.2. The van der Waals surface area contributed by atoms with E-state index in [1.54, 1.807) is 23.0 Å². The van der Waals surface area contributed by atoms with E-state index in [2.05, 4.69) is 15.4 Å². The van der Waals surface area contributed by atoms with Gasteiger partial charge in [-0.25, -0.2) is 9.67 Å². The van der Waals surface area contributed by atoms with Crippen LogP contribution in [-0.2, 0) is 0 Å². The molecule has 0 aliphatic rings. The molecule has 9 heteroatoms. The van der Waals surface area contributed by atoms with Gasteiger partial charge in [-0.05, 0) is 38.0 Å². The number of rotatable bonds is 6. The van der Waals surface area contributed by atoms with Crippen molar-refractivity contribution in [2.24, 2.45) is 0 Å². The fourth-order valence-corrected chi connectivity index (χ4v) is 2.94. The van der Waals surface area contributed by atoms with E-state index >= 15 is 0 Å².